The van der Waals surface area contributed by atoms with Gasteiger partial charge in [-0.1, -0.05) is 30.3 Å². The number of nitrogens with zero attached hydrogens (tertiary/aromatic N) is 3. The van der Waals surface area contributed by atoms with Gasteiger partial charge in [-0.15, -0.1) is 0 Å². The summed E-state index contributed by atoms with van der Waals surface area (Å²) in [4.78, 5) is 11.7. The highest BCUT2D eigenvalue weighted by Crippen LogP contribution is 2.33. The minimum absolute atomic E-state index is 0.235. The number of phenolic OH excluding ortho intramolecular Hbond substituents is 1. The normalized spacial score (nSPS) is 13.1. The highest BCUT2D eigenvalue weighted by molar-refractivity contribution is 5.91. The van der Waals surface area contributed by atoms with Gasteiger partial charge in [0.1, 0.15) is 11.6 Å². The summed E-state index contributed by atoms with van der Waals surface area (Å²) in [6.45, 7) is 5.85. The van der Waals surface area contributed by atoms with Crippen LogP contribution in [0.5, 0.6) is 5.75 Å². The van der Waals surface area contributed by atoms with Crippen molar-refractivity contribution in [2.45, 2.75) is 13.8 Å². The Morgan fingerprint density at radius 1 is 1.04 bits per heavy atom. The van der Waals surface area contributed by atoms with Gasteiger partial charge in [0.15, 0.2) is 0 Å². The summed E-state index contributed by atoms with van der Waals surface area (Å²) in [7, 11) is 0. The molecule has 1 aliphatic rings. The van der Waals surface area contributed by atoms with Gasteiger partial charge < -0.3 is 15.3 Å². The molecule has 0 saturated carbocycles. The first-order valence-electron chi connectivity index (χ1n) is 9.09. The Labute approximate surface area is 159 Å². The fraction of sp³-hybridized carbons (Fsp3) is 0.182. The molecule has 0 unspecified atom stereocenters. The Morgan fingerprint density at radius 2 is 1.78 bits per heavy atom. The van der Waals surface area contributed by atoms with Crippen LogP contribution in [0.4, 0.5) is 17.5 Å². The highest BCUT2D eigenvalue weighted by atomic mass is 16.3. The molecule has 0 aliphatic carbocycles. The lowest BCUT2D eigenvalue weighted by Crippen LogP contribution is -2.29. The molecule has 3 aromatic rings. The second kappa shape index (κ2) is 7.11. The first-order chi connectivity index (χ1) is 13.1. The highest BCUT2D eigenvalue weighted by Gasteiger charge is 2.22. The molecule has 136 valence electrons. The van der Waals surface area contributed by atoms with Crippen molar-refractivity contribution < 1.29 is 5.11 Å². The smallest absolute Gasteiger partial charge is 0.229 e. The number of hydrogen-bond acceptors (Lipinski definition) is 5. The topological polar surface area (TPSA) is 61.3 Å². The van der Waals surface area contributed by atoms with Crippen LogP contribution in [0.25, 0.3) is 11.6 Å². The van der Waals surface area contributed by atoms with Crippen molar-refractivity contribution in [3.63, 3.8) is 0 Å². The van der Waals surface area contributed by atoms with Crippen molar-refractivity contribution in [1.29, 1.82) is 0 Å². The van der Waals surface area contributed by atoms with Crippen molar-refractivity contribution in [3.05, 3.63) is 71.4 Å². The van der Waals surface area contributed by atoms with Gasteiger partial charge in [-0.3, -0.25) is 0 Å². The van der Waals surface area contributed by atoms with Crippen LogP contribution in [-0.4, -0.2) is 28.2 Å². The van der Waals surface area contributed by atoms with Crippen molar-refractivity contribution in [3.8, 4) is 5.75 Å². The number of rotatable bonds is 4. The Bertz CT molecular complexity index is 981. The molecule has 0 fully saturated rings. The number of aromatic nitrogens is 2. The second-order valence-electron chi connectivity index (χ2n) is 6.59. The van der Waals surface area contributed by atoms with E-state index in [1.165, 1.54) is 11.1 Å². The molecule has 27 heavy (non-hydrogen) atoms. The molecule has 0 atom stereocenters. The first kappa shape index (κ1) is 17.1. The number of likely N-dealkylation sites (N-methyl/N-ethyl adjacent to an activating group) is 1. The SMILES string of the molecule is CCN1CC(c2ccccc2)=Cc2c(C)nc(Nc3ccc(O)cc3)nc21. The van der Waals surface area contributed by atoms with Gasteiger partial charge in [-0.25, -0.2) is 4.98 Å². The van der Waals surface area contributed by atoms with Gasteiger partial charge in [-0.05, 0) is 55.3 Å². The lowest BCUT2D eigenvalue weighted by atomic mass is 9.98. The molecule has 5 heteroatoms. The molecule has 0 saturated heterocycles. The maximum absolute atomic E-state index is 9.44. The lowest BCUT2D eigenvalue weighted by Gasteiger charge is -2.30. The monoisotopic (exact) mass is 358 g/mol. The van der Waals surface area contributed by atoms with Crippen LogP contribution in [0, 0.1) is 6.92 Å². The average Bonchev–Trinajstić information content (AvgIpc) is 2.70. The molecule has 0 bridgehead atoms. The number of fused-ring (bicyclic) bond motifs is 1. The summed E-state index contributed by atoms with van der Waals surface area (Å²) in [6.07, 6.45) is 2.20. The Balaban J connectivity index is 1.72. The molecule has 0 radical (unpaired) electrons. The van der Waals surface area contributed by atoms with E-state index in [9.17, 15) is 5.11 Å². The third-order valence-electron chi connectivity index (χ3n) is 4.75. The maximum atomic E-state index is 9.44. The molecule has 4 rings (SSSR count). The largest absolute Gasteiger partial charge is 0.508 e. The molecular weight excluding hydrogens is 336 g/mol. The molecule has 0 amide bonds. The Kier molecular flexibility index (Phi) is 4.50. The molecule has 1 aromatic heterocycles. The number of benzene rings is 2. The van der Waals surface area contributed by atoms with Crippen molar-refractivity contribution in [2.75, 3.05) is 23.3 Å². The van der Waals surface area contributed by atoms with E-state index in [0.29, 0.717) is 5.95 Å². The third kappa shape index (κ3) is 3.49. The summed E-state index contributed by atoms with van der Waals surface area (Å²) >= 11 is 0. The molecular formula is C22H22N4O. The van der Waals surface area contributed by atoms with Crippen molar-refractivity contribution in [2.24, 2.45) is 0 Å². The summed E-state index contributed by atoms with van der Waals surface area (Å²) < 4.78 is 0. The van der Waals surface area contributed by atoms with Gasteiger partial charge >= 0.3 is 0 Å². The van der Waals surface area contributed by atoms with Gasteiger partial charge in [0.2, 0.25) is 5.95 Å². The van der Waals surface area contributed by atoms with Gasteiger partial charge in [0.25, 0.3) is 0 Å². The van der Waals surface area contributed by atoms with Crippen LogP contribution >= 0.6 is 0 Å². The quantitative estimate of drug-likeness (QED) is 0.667. The zero-order chi connectivity index (χ0) is 18.8. The Hall–Kier alpha value is -3.34. The zero-order valence-electron chi connectivity index (χ0n) is 15.5. The fourth-order valence-corrected chi connectivity index (χ4v) is 3.30. The fourth-order valence-electron chi connectivity index (χ4n) is 3.30. The van der Waals surface area contributed by atoms with Crippen LogP contribution in [0.3, 0.4) is 0 Å². The van der Waals surface area contributed by atoms with E-state index < -0.39 is 0 Å². The Morgan fingerprint density at radius 3 is 2.48 bits per heavy atom. The number of hydrogen-bond donors (Lipinski definition) is 2. The predicted molar refractivity (Wildman–Crippen MR) is 110 cm³/mol. The number of anilines is 3. The van der Waals surface area contributed by atoms with Gasteiger partial charge in [-0.2, -0.15) is 4.98 Å². The van der Waals surface area contributed by atoms with E-state index in [1.807, 2.05) is 13.0 Å². The van der Waals surface area contributed by atoms with E-state index in [0.717, 1.165) is 35.9 Å². The zero-order valence-corrected chi connectivity index (χ0v) is 15.5. The van der Waals surface area contributed by atoms with E-state index in [2.05, 4.69) is 52.5 Å². The number of aryl methyl sites for hydroxylation is 1. The molecule has 0 spiro atoms. The third-order valence-corrected chi connectivity index (χ3v) is 4.75. The van der Waals surface area contributed by atoms with Crippen molar-refractivity contribution >= 4 is 29.1 Å². The minimum Gasteiger partial charge on any atom is -0.508 e. The van der Waals surface area contributed by atoms with E-state index in [1.54, 1.807) is 24.3 Å². The van der Waals surface area contributed by atoms with E-state index >= 15 is 0 Å². The minimum atomic E-state index is 0.235. The van der Waals surface area contributed by atoms with Gasteiger partial charge in [0, 0.05) is 24.3 Å². The average molecular weight is 358 g/mol. The van der Waals surface area contributed by atoms with Gasteiger partial charge in [0.05, 0.1) is 5.69 Å². The first-order valence-corrected chi connectivity index (χ1v) is 9.09. The van der Waals surface area contributed by atoms with Crippen LogP contribution in [0.15, 0.2) is 54.6 Å². The van der Waals surface area contributed by atoms with Crippen LogP contribution in [0.2, 0.25) is 0 Å². The lowest BCUT2D eigenvalue weighted by molar-refractivity contribution is 0.475. The maximum Gasteiger partial charge on any atom is 0.229 e. The van der Waals surface area contributed by atoms with Crippen LogP contribution in [-0.2, 0) is 0 Å². The van der Waals surface area contributed by atoms with E-state index in [4.69, 9.17) is 4.98 Å². The molecule has 2 heterocycles. The predicted octanol–water partition coefficient (Wildman–Crippen LogP) is 4.61. The second-order valence-corrected chi connectivity index (χ2v) is 6.59. The standard InChI is InChI=1S/C22H22N4O/c1-3-26-14-17(16-7-5-4-6-8-16)13-20-15(2)23-22(25-21(20)26)24-18-9-11-19(27)12-10-18/h4-13,27H,3,14H2,1-2H3,(H,23,24,25). The summed E-state index contributed by atoms with van der Waals surface area (Å²) in [5, 5.41) is 12.7. The number of nitrogens with one attached hydrogen (secondary N) is 1. The molecule has 1 aliphatic heterocycles. The summed E-state index contributed by atoms with van der Waals surface area (Å²) in [6, 6.07) is 17.3. The summed E-state index contributed by atoms with van der Waals surface area (Å²) in [5.41, 5.74) is 5.35. The molecule has 2 N–H and O–H groups in total. The molecule has 5 nitrogen and oxygen atoms in total. The van der Waals surface area contributed by atoms with Crippen molar-refractivity contribution in [1.82, 2.24) is 9.97 Å². The summed E-state index contributed by atoms with van der Waals surface area (Å²) in [5.74, 6) is 1.75. The number of phenols is 1. The van der Waals surface area contributed by atoms with E-state index in [-0.39, 0.29) is 5.75 Å². The molecule has 2 aromatic carbocycles. The van der Waals surface area contributed by atoms with Crippen LogP contribution < -0.4 is 10.2 Å². The number of aromatic hydroxyl groups is 1. The van der Waals surface area contributed by atoms with Crippen LogP contribution in [0.1, 0.15) is 23.7 Å².